The Morgan fingerprint density at radius 1 is 1.30 bits per heavy atom. The fraction of sp³-hybridized carbons (Fsp3) is 0.444. The maximum Gasteiger partial charge on any atom is 0.0837 e. The first-order valence-corrected chi connectivity index (χ1v) is 7.58. The molecule has 0 amide bonds. The zero-order valence-corrected chi connectivity index (χ0v) is 12.2. The quantitative estimate of drug-likeness (QED) is 0.627. The van der Waals surface area contributed by atoms with Crippen molar-refractivity contribution in [3.8, 4) is 11.8 Å². The van der Waals surface area contributed by atoms with Crippen LogP contribution >= 0.6 is 0 Å². The van der Waals surface area contributed by atoms with Crippen molar-refractivity contribution >= 4 is 10.9 Å². The summed E-state index contributed by atoms with van der Waals surface area (Å²) >= 11 is 0. The fourth-order valence-electron chi connectivity index (χ4n) is 2.69. The summed E-state index contributed by atoms with van der Waals surface area (Å²) < 4.78 is 2.27. The lowest BCUT2D eigenvalue weighted by atomic mass is 10.1. The number of nitrogens with one attached hydrogen (secondary N) is 1. The molecule has 1 aliphatic carbocycles. The van der Waals surface area contributed by atoms with Crippen molar-refractivity contribution in [3.63, 3.8) is 0 Å². The monoisotopic (exact) mass is 266 g/mol. The number of fused-ring (bicyclic) bond motifs is 1. The van der Waals surface area contributed by atoms with Crippen molar-refractivity contribution in [2.75, 3.05) is 6.54 Å². The van der Waals surface area contributed by atoms with Crippen molar-refractivity contribution < 1.29 is 0 Å². The number of hydrogen-bond acceptors (Lipinski definition) is 1. The highest BCUT2D eigenvalue weighted by Gasteiger charge is 2.19. The molecule has 0 atom stereocenters. The van der Waals surface area contributed by atoms with E-state index in [1.165, 1.54) is 35.7 Å². The molecule has 0 unspecified atom stereocenters. The van der Waals surface area contributed by atoms with E-state index in [4.69, 9.17) is 0 Å². The van der Waals surface area contributed by atoms with Crippen LogP contribution < -0.4 is 5.32 Å². The fourth-order valence-corrected chi connectivity index (χ4v) is 2.69. The van der Waals surface area contributed by atoms with Crippen molar-refractivity contribution in [2.45, 2.75) is 45.2 Å². The molecular formula is C18H22N2. The number of nitrogens with zero attached hydrogens (tertiary/aromatic N) is 1. The van der Waals surface area contributed by atoms with E-state index in [0.717, 1.165) is 25.6 Å². The van der Waals surface area contributed by atoms with E-state index in [1.54, 1.807) is 0 Å². The Hall–Kier alpha value is -1.72. The molecule has 20 heavy (non-hydrogen) atoms. The minimum Gasteiger partial charge on any atom is -0.336 e. The lowest BCUT2D eigenvalue weighted by molar-refractivity contribution is 0.646. The highest BCUT2D eigenvalue weighted by Crippen LogP contribution is 2.23. The molecule has 1 aliphatic rings. The van der Waals surface area contributed by atoms with Crippen LogP contribution in [0.2, 0.25) is 0 Å². The van der Waals surface area contributed by atoms with Gasteiger partial charge < -0.3 is 9.88 Å². The predicted octanol–water partition coefficient (Wildman–Crippen LogP) is 3.35. The van der Waals surface area contributed by atoms with Gasteiger partial charge in [-0.1, -0.05) is 24.1 Å². The van der Waals surface area contributed by atoms with E-state index in [-0.39, 0.29) is 0 Å². The molecule has 104 valence electrons. The Labute approximate surface area is 121 Å². The molecule has 1 fully saturated rings. The van der Waals surface area contributed by atoms with Gasteiger partial charge in [0.25, 0.3) is 0 Å². The van der Waals surface area contributed by atoms with Crippen LogP contribution in [0.4, 0.5) is 0 Å². The molecule has 0 radical (unpaired) electrons. The Morgan fingerprint density at radius 2 is 2.15 bits per heavy atom. The Kier molecular flexibility index (Phi) is 4.08. The summed E-state index contributed by atoms with van der Waals surface area (Å²) in [6, 6.07) is 9.48. The Morgan fingerprint density at radius 3 is 2.95 bits per heavy atom. The summed E-state index contributed by atoms with van der Waals surface area (Å²) in [6.45, 7) is 3.83. The minimum atomic E-state index is 0.789. The van der Waals surface area contributed by atoms with Crippen molar-refractivity contribution in [1.29, 1.82) is 0 Å². The van der Waals surface area contributed by atoms with E-state index >= 15 is 0 Å². The van der Waals surface area contributed by atoms with Gasteiger partial charge in [0.15, 0.2) is 0 Å². The van der Waals surface area contributed by atoms with Crippen molar-refractivity contribution in [2.24, 2.45) is 0 Å². The zero-order valence-electron chi connectivity index (χ0n) is 12.2. The minimum absolute atomic E-state index is 0.789. The molecule has 0 spiro atoms. The number of aryl methyl sites for hydroxylation is 1. The highest BCUT2D eigenvalue weighted by molar-refractivity contribution is 5.84. The van der Waals surface area contributed by atoms with E-state index in [0.29, 0.717) is 0 Å². The van der Waals surface area contributed by atoms with Crippen LogP contribution in [0.1, 0.15) is 31.7 Å². The molecule has 1 heterocycles. The van der Waals surface area contributed by atoms with Crippen LogP contribution in [0.5, 0.6) is 0 Å². The van der Waals surface area contributed by atoms with E-state index in [1.807, 2.05) is 6.92 Å². The highest BCUT2D eigenvalue weighted by atomic mass is 15.0. The SMILES string of the molecule is CC#CCn1cc(CCCNC2CC2)c2ccccc21. The summed E-state index contributed by atoms with van der Waals surface area (Å²) in [6.07, 6.45) is 7.38. The second-order valence-corrected chi connectivity index (χ2v) is 5.56. The average molecular weight is 266 g/mol. The number of rotatable bonds is 6. The smallest absolute Gasteiger partial charge is 0.0837 e. The Balaban J connectivity index is 1.72. The second-order valence-electron chi connectivity index (χ2n) is 5.56. The van der Waals surface area contributed by atoms with E-state index in [9.17, 15) is 0 Å². The number of para-hydroxylation sites is 1. The van der Waals surface area contributed by atoms with Crippen LogP contribution in [0, 0.1) is 11.8 Å². The maximum atomic E-state index is 3.59. The van der Waals surface area contributed by atoms with Crippen LogP contribution in [0.25, 0.3) is 10.9 Å². The molecular weight excluding hydrogens is 244 g/mol. The largest absolute Gasteiger partial charge is 0.336 e. The molecule has 0 bridgehead atoms. The summed E-state index contributed by atoms with van der Waals surface area (Å²) in [7, 11) is 0. The molecule has 1 N–H and O–H groups in total. The van der Waals surface area contributed by atoms with Gasteiger partial charge in [-0.2, -0.15) is 0 Å². The summed E-state index contributed by atoms with van der Waals surface area (Å²) in [5, 5.41) is 4.97. The van der Waals surface area contributed by atoms with Gasteiger partial charge in [-0.05, 0) is 50.8 Å². The van der Waals surface area contributed by atoms with Crippen LogP contribution in [0.15, 0.2) is 30.5 Å². The summed E-state index contributed by atoms with van der Waals surface area (Å²) in [4.78, 5) is 0. The van der Waals surface area contributed by atoms with Gasteiger partial charge in [-0.25, -0.2) is 0 Å². The lowest BCUT2D eigenvalue weighted by Crippen LogP contribution is -2.17. The van der Waals surface area contributed by atoms with Gasteiger partial charge in [0.1, 0.15) is 0 Å². The molecule has 0 saturated heterocycles. The standard InChI is InChI=1S/C18H22N2/c1-2-3-13-20-14-15(7-6-12-19-16-10-11-16)17-8-4-5-9-18(17)20/h4-5,8-9,14,16,19H,6-7,10-13H2,1H3. The molecule has 0 aliphatic heterocycles. The Bertz CT molecular complexity index is 638. The number of benzene rings is 1. The summed E-state index contributed by atoms with van der Waals surface area (Å²) in [5.41, 5.74) is 2.76. The number of hydrogen-bond donors (Lipinski definition) is 1. The van der Waals surface area contributed by atoms with Crippen LogP contribution in [0.3, 0.4) is 0 Å². The topological polar surface area (TPSA) is 17.0 Å². The van der Waals surface area contributed by atoms with Gasteiger partial charge in [-0.3, -0.25) is 0 Å². The van der Waals surface area contributed by atoms with E-state index in [2.05, 4.69) is 52.2 Å². The summed E-state index contributed by atoms with van der Waals surface area (Å²) in [5.74, 6) is 6.14. The molecule has 2 heteroatoms. The first-order valence-electron chi connectivity index (χ1n) is 7.58. The normalized spacial score (nSPS) is 14.2. The maximum absolute atomic E-state index is 3.59. The van der Waals surface area contributed by atoms with Crippen LogP contribution in [-0.2, 0) is 13.0 Å². The third-order valence-corrected chi connectivity index (χ3v) is 3.93. The average Bonchev–Trinajstić information content (AvgIpc) is 3.24. The van der Waals surface area contributed by atoms with Gasteiger partial charge in [0, 0.05) is 23.1 Å². The van der Waals surface area contributed by atoms with Gasteiger partial charge in [0.2, 0.25) is 0 Å². The molecule has 2 aromatic rings. The van der Waals surface area contributed by atoms with Gasteiger partial charge in [-0.15, -0.1) is 5.92 Å². The van der Waals surface area contributed by atoms with Gasteiger partial charge >= 0.3 is 0 Å². The second kappa shape index (κ2) is 6.15. The first-order chi connectivity index (χ1) is 9.88. The molecule has 2 nitrogen and oxygen atoms in total. The van der Waals surface area contributed by atoms with Crippen molar-refractivity contribution in [3.05, 3.63) is 36.0 Å². The third kappa shape index (κ3) is 3.05. The van der Waals surface area contributed by atoms with Crippen molar-refractivity contribution in [1.82, 2.24) is 9.88 Å². The van der Waals surface area contributed by atoms with Crippen LogP contribution in [-0.4, -0.2) is 17.2 Å². The third-order valence-electron chi connectivity index (χ3n) is 3.93. The first kappa shape index (κ1) is 13.3. The molecule has 3 rings (SSSR count). The van der Waals surface area contributed by atoms with E-state index < -0.39 is 0 Å². The molecule has 1 aromatic carbocycles. The predicted molar refractivity (Wildman–Crippen MR) is 84.7 cm³/mol. The van der Waals surface area contributed by atoms with Gasteiger partial charge in [0.05, 0.1) is 6.54 Å². The lowest BCUT2D eigenvalue weighted by Gasteiger charge is -2.01. The zero-order chi connectivity index (χ0) is 13.8. The molecule has 1 aromatic heterocycles. The molecule has 1 saturated carbocycles. The number of aromatic nitrogens is 1.